The molecule has 0 amide bonds. The van der Waals surface area contributed by atoms with Crippen molar-refractivity contribution < 1.29 is 5.11 Å². The molecule has 2 nitrogen and oxygen atoms in total. The number of hydrogen-bond acceptors (Lipinski definition) is 2. The first-order valence-electron chi connectivity index (χ1n) is 11.2. The van der Waals surface area contributed by atoms with Crippen molar-refractivity contribution in [2.24, 2.45) is 0 Å². The Balaban J connectivity index is 1.80. The van der Waals surface area contributed by atoms with Gasteiger partial charge in [0.2, 0.25) is 0 Å². The summed E-state index contributed by atoms with van der Waals surface area (Å²) >= 11 is 0. The summed E-state index contributed by atoms with van der Waals surface area (Å²) in [6, 6.07) is 46.0. The Kier molecular flexibility index (Phi) is 4.51. The van der Waals surface area contributed by atoms with E-state index in [-0.39, 0.29) is 5.75 Å². The summed E-state index contributed by atoms with van der Waals surface area (Å²) in [6.45, 7) is 0. The summed E-state index contributed by atoms with van der Waals surface area (Å²) in [5.74, 6) is 0.261. The quantitative estimate of drug-likeness (QED) is 0.316. The zero-order valence-electron chi connectivity index (χ0n) is 18.1. The molecule has 0 aliphatic carbocycles. The van der Waals surface area contributed by atoms with Crippen molar-refractivity contribution in [3.8, 4) is 5.75 Å². The van der Waals surface area contributed by atoms with E-state index in [9.17, 15) is 5.11 Å². The third-order valence-electron chi connectivity index (χ3n) is 6.60. The lowest BCUT2D eigenvalue weighted by Gasteiger charge is -2.46. The second kappa shape index (κ2) is 7.68. The molecule has 0 spiro atoms. The first kappa shape index (κ1) is 19.4. The number of nitrogens with zero attached hydrogens (tertiary/aromatic N) is 1. The molecule has 1 heterocycles. The van der Waals surface area contributed by atoms with Gasteiger partial charge in [-0.15, -0.1) is 0 Å². The highest BCUT2D eigenvalue weighted by Gasteiger charge is 2.46. The zero-order chi connectivity index (χ0) is 22.3. The molecule has 0 atom stereocenters. The van der Waals surface area contributed by atoms with Crippen LogP contribution in [0.1, 0.15) is 22.3 Å². The van der Waals surface area contributed by atoms with Crippen molar-refractivity contribution in [1.82, 2.24) is 0 Å². The molecule has 5 aromatic rings. The van der Waals surface area contributed by atoms with E-state index in [1.807, 2.05) is 18.2 Å². The van der Waals surface area contributed by atoms with Crippen LogP contribution in [0.4, 0.5) is 17.1 Å². The minimum absolute atomic E-state index is 0.261. The largest absolute Gasteiger partial charge is 0.508 e. The van der Waals surface area contributed by atoms with Crippen LogP contribution in [0.25, 0.3) is 0 Å². The van der Waals surface area contributed by atoms with Crippen molar-refractivity contribution in [2.75, 3.05) is 4.90 Å². The van der Waals surface area contributed by atoms with Crippen LogP contribution in [0, 0.1) is 0 Å². The fourth-order valence-corrected chi connectivity index (χ4v) is 5.30. The van der Waals surface area contributed by atoms with E-state index in [0.717, 1.165) is 22.6 Å². The van der Waals surface area contributed by atoms with Crippen LogP contribution in [0.2, 0.25) is 0 Å². The van der Waals surface area contributed by atoms with Crippen LogP contribution < -0.4 is 4.90 Å². The van der Waals surface area contributed by atoms with Gasteiger partial charge in [-0.2, -0.15) is 0 Å². The molecule has 1 N–H and O–H groups in total. The fourth-order valence-electron chi connectivity index (χ4n) is 5.30. The van der Waals surface area contributed by atoms with Gasteiger partial charge in [0.15, 0.2) is 0 Å². The maximum absolute atomic E-state index is 10.7. The van der Waals surface area contributed by atoms with Crippen molar-refractivity contribution in [2.45, 2.75) is 5.41 Å². The van der Waals surface area contributed by atoms with Gasteiger partial charge in [0, 0.05) is 5.69 Å². The van der Waals surface area contributed by atoms with Gasteiger partial charge in [0.05, 0.1) is 16.8 Å². The van der Waals surface area contributed by atoms with Gasteiger partial charge in [0.25, 0.3) is 0 Å². The lowest BCUT2D eigenvalue weighted by atomic mass is 9.62. The summed E-state index contributed by atoms with van der Waals surface area (Å²) < 4.78 is 0. The zero-order valence-corrected chi connectivity index (χ0v) is 18.1. The van der Waals surface area contributed by atoms with E-state index in [2.05, 4.69) is 114 Å². The van der Waals surface area contributed by atoms with Crippen molar-refractivity contribution in [3.63, 3.8) is 0 Å². The van der Waals surface area contributed by atoms with Gasteiger partial charge in [-0.05, 0) is 58.7 Å². The van der Waals surface area contributed by atoms with Crippen LogP contribution in [0.3, 0.4) is 0 Å². The molecule has 0 fully saturated rings. The van der Waals surface area contributed by atoms with Gasteiger partial charge in [-0.1, -0.05) is 97.1 Å². The number of phenols is 1. The molecular weight excluding hydrogens is 402 g/mol. The molecule has 6 rings (SSSR count). The topological polar surface area (TPSA) is 23.5 Å². The minimum atomic E-state index is -0.571. The molecule has 0 saturated heterocycles. The predicted molar refractivity (Wildman–Crippen MR) is 135 cm³/mol. The first-order chi connectivity index (χ1) is 16.3. The van der Waals surface area contributed by atoms with Crippen LogP contribution in [0.15, 0.2) is 133 Å². The normalized spacial score (nSPS) is 13.8. The van der Waals surface area contributed by atoms with E-state index < -0.39 is 5.41 Å². The maximum atomic E-state index is 10.7. The standard InChI is InChI=1S/C31H23NO/c33-26-20-21-30-28(22-26)31(23-12-4-1-5-13-23,24-14-6-2-7-15-24)27-18-10-11-19-29(27)32(30)25-16-8-3-9-17-25/h1-22,33H. The van der Waals surface area contributed by atoms with Gasteiger partial charge in [-0.3, -0.25) is 0 Å². The van der Waals surface area contributed by atoms with Crippen molar-refractivity contribution in [1.29, 1.82) is 0 Å². The molecule has 2 heteroatoms. The number of rotatable bonds is 3. The highest BCUT2D eigenvalue weighted by Crippen LogP contribution is 2.57. The van der Waals surface area contributed by atoms with Crippen LogP contribution in [0.5, 0.6) is 5.75 Å². The second-order valence-corrected chi connectivity index (χ2v) is 8.37. The van der Waals surface area contributed by atoms with Crippen molar-refractivity contribution in [3.05, 3.63) is 156 Å². The highest BCUT2D eigenvalue weighted by molar-refractivity contribution is 5.89. The molecule has 5 aromatic carbocycles. The fraction of sp³-hybridized carbons (Fsp3) is 0.0323. The van der Waals surface area contributed by atoms with Gasteiger partial charge < -0.3 is 10.0 Å². The first-order valence-corrected chi connectivity index (χ1v) is 11.2. The summed E-state index contributed by atoms with van der Waals surface area (Å²) in [6.07, 6.45) is 0. The molecule has 0 bridgehead atoms. The second-order valence-electron chi connectivity index (χ2n) is 8.37. The number of hydrogen-bond donors (Lipinski definition) is 1. The summed E-state index contributed by atoms with van der Waals surface area (Å²) in [4.78, 5) is 2.30. The number of aromatic hydroxyl groups is 1. The Morgan fingerprint density at radius 3 is 1.64 bits per heavy atom. The Hall–Kier alpha value is -4.30. The van der Waals surface area contributed by atoms with Crippen LogP contribution in [-0.4, -0.2) is 5.11 Å². The Labute approximate surface area is 194 Å². The number of phenolic OH excluding ortho intramolecular Hbond substituents is 1. The molecule has 0 aromatic heterocycles. The van der Waals surface area contributed by atoms with E-state index in [1.165, 1.54) is 16.7 Å². The lowest BCUT2D eigenvalue weighted by molar-refractivity contribution is 0.473. The molecule has 1 aliphatic rings. The van der Waals surface area contributed by atoms with E-state index in [4.69, 9.17) is 0 Å². The van der Waals surface area contributed by atoms with E-state index >= 15 is 0 Å². The number of benzene rings is 5. The molecule has 0 radical (unpaired) electrons. The molecule has 33 heavy (non-hydrogen) atoms. The van der Waals surface area contributed by atoms with E-state index in [1.54, 1.807) is 6.07 Å². The molecular formula is C31H23NO. The monoisotopic (exact) mass is 425 g/mol. The smallest absolute Gasteiger partial charge is 0.116 e. The third kappa shape index (κ3) is 2.88. The predicted octanol–water partition coefficient (Wildman–Crippen LogP) is 7.56. The Morgan fingerprint density at radius 1 is 0.485 bits per heavy atom. The summed E-state index contributed by atoms with van der Waals surface area (Å²) in [5, 5.41) is 10.7. The van der Waals surface area contributed by atoms with Crippen LogP contribution >= 0.6 is 0 Å². The summed E-state index contributed by atoms with van der Waals surface area (Å²) in [7, 11) is 0. The van der Waals surface area contributed by atoms with Crippen LogP contribution in [-0.2, 0) is 5.41 Å². The highest BCUT2D eigenvalue weighted by atomic mass is 16.3. The average molecular weight is 426 g/mol. The Bertz CT molecular complexity index is 1370. The average Bonchev–Trinajstić information content (AvgIpc) is 2.89. The molecule has 0 saturated carbocycles. The van der Waals surface area contributed by atoms with E-state index in [0.29, 0.717) is 0 Å². The van der Waals surface area contributed by atoms with Gasteiger partial charge >= 0.3 is 0 Å². The minimum Gasteiger partial charge on any atom is -0.508 e. The van der Waals surface area contributed by atoms with Gasteiger partial charge in [-0.25, -0.2) is 0 Å². The maximum Gasteiger partial charge on any atom is 0.116 e. The SMILES string of the molecule is Oc1ccc2c(c1)C(c1ccccc1)(c1ccccc1)c1ccccc1N2c1ccccc1. The molecule has 158 valence electrons. The number of fused-ring (bicyclic) bond motifs is 2. The number of anilines is 3. The molecule has 0 unspecified atom stereocenters. The lowest BCUT2D eigenvalue weighted by Crippen LogP contribution is -2.37. The Morgan fingerprint density at radius 2 is 1.00 bits per heavy atom. The number of para-hydroxylation sites is 2. The van der Waals surface area contributed by atoms with Gasteiger partial charge in [0.1, 0.15) is 5.75 Å². The van der Waals surface area contributed by atoms with Crippen molar-refractivity contribution >= 4 is 17.1 Å². The molecule has 1 aliphatic heterocycles. The third-order valence-corrected chi connectivity index (χ3v) is 6.60. The summed E-state index contributed by atoms with van der Waals surface area (Å²) in [5.41, 5.74) is 7.29.